The van der Waals surface area contributed by atoms with Gasteiger partial charge in [0.2, 0.25) is 0 Å². The molecule has 0 aromatic heterocycles. The maximum atomic E-state index is 12.1. The summed E-state index contributed by atoms with van der Waals surface area (Å²) < 4.78 is 5.48. The summed E-state index contributed by atoms with van der Waals surface area (Å²) in [4.78, 5) is 23.2. The van der Waals surface area contributed by atoms with Gasteiger partial charge in [-0.25, -0.2) is 0 Å². The molecule has 0 aliphatic rings. The molecule has 0 fully saturated rings. The smallest absolute Gasteiger partial charge is 0.305 e. The lowest BCUT2D eigenvalue weighted by Crippen LogP contribution is -2.33. The van der Waals surface area contributed by atoms with Gasteiger partial charge in [0.05, 0.1) is 12.5 Å². The Kier molecular flexibility index (Phi) is 6.57. The SMILES string of the molecule is CC(C)c1ccc(OCC(=O)NC(CC(=O)O)c2ccccc2)cc1. The van der Waals surface area contributed by atoms with E-state index in [1.165, 1.54) is 5.56 Å². The first kappa shape index (κ1) is 18.5. The van der Waals surface area contributed by atoms with Crippen molar-refractivity contribution >= 4 is 11.9 Å². The van der Waals surface area contributed by atoms with Crippen LogP contribution in [0.1, 0.15) is 43.4 Å². The number of carboxylic acid groups (broad SMARTS) is 1. The highest BCUT2D eigenvalue weighted by Crippen LogP contribution is 2.19. The van der Waals surface area contributed by atoms with E-state index in [9.17, 15) is 9.59 Å². The number of amides is 1. The molecule has 2 aromatic rings. The third kappa shape index (κ3) is 5.95. The first-order chi connectivity index (χ1) is 12.0. The fraction of sp³-hybridized carbons (Fsp3) is 0.300. The van der Waals surface area contributed by atoms with E-state index in [2.05, 4.69) is 19.2 Å². The Balaban J connectivity index is 1.93. The number of nitrogens with one attached hydrogen (secondary N) is 1. The minimum atomic E-state index is -0.973. The van der Waals surface area contributed by atoms with E-state index < -0.39 is 12.0 Å². The number of carboxylic acids is 1. The van der Waals surface area contributed by atoms with Crippen molar-refractivity contribution in [3.05, 3.63) is 65.7 Å². The largest absolute Gasteiger partial charge is 0.484 e. The van der Waals surface area contributed by atoms with Crippen LogP contribution >= 0.6 is 0 Å². The van der Waals surface area contributed by atoms with Crippen molar-refractivity contribution in [3.63, 3.8) is 0 Å². The third-order valence-corrected chi connectivity index (χ3v) is 3.83. The summed E-state index contributed by atoms with van der Waals surface area (Å²) in [7, 11) is 0. The first-order valence-electron chi connectivity index (χ1n) is 8.24. The highest BCUT2D eigenvalue weighted by atomic mass is 16.5. The molecule has 25 heavy (non-hydrogen) atoms. The Hall–Kier alpha value is -2.82. The number of carbonyl (C=O) groups is 2. The lowest BCUT2D eigenvalue weighted by Gasteiger charge is -2.17. The van der Waals surface area contributed by atoms with Crippen molar-refractivity contribution in [3.8, 4) is 5.75 Å². The van der Waals surface area contributed by atoms with Crippen molar-refractivity contribution in [1.82, 2.24) is 5.32 Å². The highest BCUT2D eigenvalue weighted by Gasteiger charge is 2.18. The van der Waals surface area contributed by atoms with Crippen LogP contribution in [0.4, 0.5) is 0 Å². The van der Waals surface area contributed by atoms with Gasteiger partial charge in [0.1, 0.15) is 5.75 Å². The lowest BCUT2D eigenvalue weighted by atomic mass is 10.0. The highest BCUT2D eigenvalue weighted by molar-refractivity contribution is 5.79. The van der Waals surface area contributed by atoms with Gasteiger partial charge >= 0.3 is 5.97 Å². The van der Waals surface area contributed by atoms with Gasteiger partial charge in [0.25, 0.3) is 5.91 Å². The van der Waals surface area contributed by atoms with Gasteiger partial charge in [-0.1, -0.05) is 56.3 Å². The molecular weight excluding hydrogens is 318 g/mol. The number of hydrogen-bond acceptors (Lipinski definition) is 3. The van der Waals surface area contributed by atoms with Crippen LogP contribution in [0.15, 0.2) is 54.6 Å². The van der Waals surface area contributed by atoms with Crippen LogP contribution in [0.5, 0.6) is 5.75 Å². The molecule has 2 aromatic carbocycles. The monoisotopic (exact) mass is 341 g/mol. The molecule has 132 valence electrons. The molecule has 1 amide bonds. The molecule has 0 saturated heterocycles. The molecule has 2 rings (SSSR count). The number of benzene rings is 2. The molecule has 1 unspecified atom stereocenters. The van der Waals surface area contributed by atoms with Gasteiger partial charge in [-0.05, 0) is 29.2 Å². The van der Waals surface area contributed by atoms with Crippen molar-refractivity contribution in [1.29, 1.82) is 0 Å². The van der Waals surface area contributed by atoms with E-state index in [-0.39, 0.29) is 18.9 Å². The molecule has 0 aliphatic heterocycles. The molecule has 0 spiro atoms. The van der Waals surface area contributed by atoms with Gasteiger partial charge in [-0.15, -0.1) is 0 Å². The average molecular weight is 341 g/mol. The maximum absolute atomic E-state index is 12.1. The van der Waals surface area contributed by atoms with E-state index in [0.29, 0.717) is 11.7 Å². The molecule has 0 aliphatic carbocycles. The van der Waals surface area contributed by atoms with Gasteiger partial charge in [-0.3, -0.25) is 9.59 Å². The van der Waals surface area contributed by atoms with Gasteiger partial charge in [0.15, 0.2) is 6.61 Å². The van der Waals surface area contributed by atoms with E-state index in [1.54, 1.807) is 12.1 Å². The Morgan fingerprint density at radius 2 is 1.64 bits per heavy atom. The van der Waals surface area contributed by atoms with Crippen LogP contribution in [0.3, 0.4) is 0 Å². The van der Waals surface area contributed by atoms with Crippen LogP contribution in [-0.2, 0) is 9.59 Å². The third-order valence-electron chi connectivity index (χ3n) is 3.83. The second kappa shape index (κ2) is 8.87. The number of hydrogen-bond donors (Lipinski definition) is 2. The number of carbonyl (C=O) groups excluding carboxylic acids is 1. The summed E-state index contributed by atoms with van der Waals surface area (Å²) in [6, 6.07) is 16.0. The average Bonchev–Trinajstić information content (AvgIpc) is 2.60. The summed E-state index contributed by atoms with van der Waals surface area (Å²) in [6.07, 6.45) is -0.182. The summed E-state index contributed by atoms with van der Waals surface area (Å²) in [5, 5.41) is 11.8. The summed E-state index contributed by atoms with van der Waals surface area (Å²) >= 11 is 0. The zero-order chi connectivity index (χ0) is 18.2. The minimum Gasteiger partial charge on any atom is -0.484 e. The van der Waals surface area contributed by atoms with E-state index in [0.717, 1.165) is 5.56 Å². The Bertz CT molecular complexity index is 695. The van der Waals surface area contributed by atoms with E-state index >= 15 is 0 Å². The quantitative estimate of drug-likeness (QED) is 0.770. The van der Waals surface area contributed by atoms with Crippen LogP contribution in [0.2, 0.25) is 0 Å². The normalized spacial score (nSPS) is 11.8. The topological polar surface area (TPSA) is 75.6 Å². The molecule has 0 radical (unpaired) electrons. The van der Waals surface area contributed by atoms with Crippen LogP contribution in [0, 0.1) is 0 Å². The maximum Gasteiger partial charge on any atom is 0.305 e. The number of aliphatic carboxylic acids is 1. The Labute approximate surface area is 147 Å². The summed E-state index contributed by atoms with van der Waals surface area (Å²) in [5.74, 6) is -0.295. The lowest BCUT2D eigenvalue weighted by molar-refractivity contribution is -0.137. The predicted octanol–water partition coefficient (Wildman–Crippen LogP) is 3.52. The summed E-state index contributed by atoms with van der Waals surface area (Å²) in [5.41, 5.74) is 1.95. The first-order valence-corrected chi connectivity index (χ1v) is 8.24. The fourth-order valence-corrected chi connectivity index (χ4v) is 2.45. The second-order valence-electron chi connectivity index (χ2n) is 6.14. The summed E-state index contributed by atoms with van der Waals surface area (Å²) in [6.45, 7) is 4.05. The molecule has 1 atom stereocenters. The van der Waals surface area contributed by atoms with Crippen molar-refractivity contribution in [2.75, 3.05) is 6.61 Å². The van der Waals surface area contributed by atoms with Crippen LogP contribution in [0.25, 0.3) is 0 Å². The molecule has 0 saturated carbocycles. The number of rotatable bonds is 8. The molecular formula is C20H23NO4. The van der Waals surface area contributed by atoms with Gasteiger partial charge in [0, 0.05) is 0 Å². The minimum absolute atomic E-state index is 0.163. The van der Waals surface area contributed by atoms with Crippen molar-refractivity contribution < 1.29 is 19.4 Å². The van der Waals surface area contributed by atoms with Gasteiger partial charge in [-0.2, -0.15) is 0 Å². The van der Waals surface area contributed by atoms with Crippen molar-refractivity contribution in [2.24, 2.45) is 0 Å². The molecule has 5 nitrogen and oxygen atoms in total. The fourth-order valence-electron chi connectivity index (χ4n) is 2.45. The standard InChI is InChI=1S/C20H23NO4/c1-14(2)15-8-10-17(11-9-15)25-13-19(22)21-18(12-20(23)24)16-6-4-3-5-7-16/h3-11,14,18H,12-13H2,1-2H3,(H,21,22)(H,23,24). The molecule has 2 N–H and O–H groups in total. The van der Waals surface area contributed by atoms with E-state index in [4.69, 9.17) is 9.84 Å². The molecule has 5 heteroatoms. The second-order valence-corrected chi connectivity index (χ2v) is 6.14. The Morgan fingerprint density at radius 3 is 2.20 bits per heavy atom. The van der Waals surface area contributed by atoms with Crippen LogP contribution in [-0.4, -0.2) is 23.6 Å². The zero-order valence-electron chi connectivity index (χ0n) is 14.4. The predicted molar refractivity (Wildman–Crippen MR) is 95.6 cm³/mol. The molecule has 0 heterocycles. The molecule has 0 bridgehead atoms. The van der Waals surface area contributed by atoms with Crippen LogP contribution < -0.4 is 10.1 Å². The van der Waals surface area contributed by atoms with E-state index in [1.807, 2.05) is 42.5 Å². The Morgan fingerprint density at radius 1 is 1.00 bits per heavy atom. The zero-order valence-corrected chi connectivity index (χ0v) is 14.4. The number of ether oxygens (including phenoxy) is 1. The van der Waals surface area contributed by atoms with Crippen molar-refractivity contribution in [2.45, 2.75) is 32.2 Å². The van der Waals surface area contributed by atoms with Gasteiger partial charge < -0.3 is 15.2 Å².